The van der Waals surface area contributed by atoms with Crippen LogP contribution in [0.5, 0.6) is 0 Å². The van der Waals surface area contributed by atoms with Crippen LogP contribution in [0.3, 0.4) is 0 Å². The van der Waals surface area contributed by atoms with Gasteiger partial charge in [-0.3, -0.25) is 0 Å². The van der Waals surface area contributed by atoms with Crippen LogP contribution in [-0.4, -0.2) is 45.6 Å². The van der Waals surface area contributed by atoms with E-state index in [0.717, 1.165) is 5.56 Å². The summed E-state index contributed by atoms with van der Waals surface area (Å²) in [7, 11) is -2.78. The largest absolute Gasteiger partial charge is 0.402 e. The standard InChI is InChI=1S/C33H45NO4Si/c1-26(2)35-25-32(38-27(3)4)31(34-36-23-28-17-11-8-12-18-28)24-37-39(33(5,6)7,29-19-13-9-14-20-29)30-21-15-10-16-22-30/h8-22,26-27,32H,23-25H2,1-7H3/b34-31-/t32-/m0/s1. The van der Waals surface area contributed by atoms with Gasteiger partial charge in [-0.05, 0) is 48.7 Å². The highest BCUT2D eigenvalue weighted by Crippen LogP contribution is 2.36. The average molecular weight is 548 g/mol. The van der Waals surface area contributed by atoms with Crippen LogP contribution in [0.15, 0.2) is 96.2 Å². The molecule has 0 unspecified atom stereocenters. The Morgan fingerprint density at radius 2 is 1.26 bits per heavy atom. The van der Waals surface area contributed by atoms with Crippen LogP contribution in [0.2, 0.25) is 5.04 Å². The van der Waals surface area contributed by atoms with E-state index in [9.17, 15) is 0 Å². The molecule has 6 heteroatoms. The lowest BCUT2D eigenvalue weighted by atomic mass is 10.2. The van der Waals surface area contributed by atoms with Gasteiger partial charge in [-0.25, -0.2) is 0 Å². The predicted octanol–water partition coefficient (Wildman–Crippen LogP) is 6.35. The third-order valence-electron chi connectivity index (χ3n) is 6.50. The van der Waals surface area contributed by atoms with Crippen molar-refractivity contribution in [3.05, 3.63) is 96.6 Å². The molecular formula is C33H45NO4Si. The molecular weight excluding hydrogens is 502 g/mol. The van der Waals surface area contributed by atoms with Crippen molar-refractivity contribution in [2.45, 2.75) is 78.4 Å². The molecule has 0 aliphatic carbocycles. The fourth-order valence-electron chi connectivity index (χ4n) is 4.71. The highest BCUT2D eigenvalue weighted by Gasteiger charge is 2.50. The zero-order chi connectivity index (χ0) is 28.3. The summed E-state index contributed by atoms with van der Waals surface area (Å²) in [6.45, 7) is 15.9. The molecule has 5 nitrogen and oxygen atoms in total. The van der Waals surface area contributed by atoms with Gasteiger partial charge in [-0.15, -0.1) is 0 Å². The SMILES string of the molecule is CC(C)OC[C@H](OC(C)C)/C(CO[Si](c1ccccc1)(c1ccccc1)C(C)(C)C)=N\OCc1ccccc1. The van der Waals surface area contributed by atoms with Crippen molar-refractivity contribution in [1.82, 2.24) is 0 Å². The molecule has 0 bridgehead atoms. The molecule has 39 heavy (non-hydrogen) atoms. The van der Waals surface area contributed by atoms with Gasteiger partial charge >= 0.3 is 0 Å². The highest BCUT2D eigenvalue weighted by atomic mass is 28.4. The van der Waals surface area contributed by atoms with E-state index in [0.29, 0.717) is 18.9 Å². The second-order valence-corrected chi connectivity index (χ2v) is 15.7. The van der Waals surface area contributed by atoms with Crippen LogP contribution in [0.25, 0.3) is 0 Å². The van der Waals surface area contributed by atoms with Gasteiger partial charge in [0.05, 0.1) is 25.4 Å². The molecule has 3 aromatic rings. The van der Waals surface area contributed by atoms with Gasteiger partial charge in [0.1, 0.15) is 18.4 Å². The van der Waals surface area contributed by atoms with Crippen molar-refractivity contribution < 1.29 is 18.7 Å². The summed E-state index contributed by atoms with van der Waals surface area (Å²) >= 11 is 0. The van der Waals surface area contributed by atoms with E-state index in [1.807, 2.05) is 58.0 Å². The summed E-state index contributed by atoms with van der Waals surface area (Å²) in [6.07, 6.45) is -0.355. The molecule has 0 N–H and O–H groups in total. The summed E-state index contributed by atoms with van der Waals surface area (Å²) in [4.78, 5) is 5.90. The van der Waals surface area contributed by atoms with Gasteiger partial charge in [-0.1, -0.05) is 117 Å². The molecule has 0 radical (unpaired) electrons. The van der Waals surface area contributed by atoms with Gasteiger partial charge in [0.15, 0.2) is 0 Å². The van der Waals surface area contributed by atoms with Crippen LogP contribution in [-0.2, 0) is 25.3 Å². The minimum Gasteiger partial charge on any atom is -0.402 e. The topological polar surface area (TPSA) is 49.3 Å². The van der Waals surface area contributed by atoms with Crippen molar-refractivity contribution in [2.75, 3.05) is 13.2 Å². The smallest absolute Gasteiger partial charge is 0.261 e. The maximum absolute atomic E-state index is 7.19. The molecule has 0 aromatic heterocycles. The van der Waals surface area contributed by atoms with Crippen LogP contribution >= 0.6 is 0 Å². The Labute approximate surface area is 236 Å². The zero-order valence-corrected chi connectivity index (χ0v) is 25.6. The second-order valence-electron chi connectivity index (χ2n) is 11.3. The van der Waals surface area contributed by atoms with E-state index in [2.05, 4.69) is 86.6 Å². The second kappa shape index (κ2) is 14.6. The molecule has 1 atom stereocenters. The summed E-state index contributed by atoms with van der Waals surface area (Å²) in [5.41, 5.74) is 1.74. The van der Waals surface area contributed by atoms with E-state index in [4.69, 9.17) is 18.7 Å². The van der Waals surface area contributed by atoms with Crippen molar-refractivity contribution in [3.8, 4) is 0 Å². The summed E-state index contributed by atoms with van der Waals surface area (Å²) in [5.74, 6) is 0. The van der Waals surface area contributed by atoms with Gasteiger partial charge in [-0.2, -0.15) is 0 Å². The first-order valence-corrected chi connectivity index (χ1v) is 15.8. The fraction of sp³-hybridized carbons (Fsp3) is 0.424. The minimum absolute atomic E-state index is 0.0158. The lowest BCUT2D eigenvalue weighted by Gasteiger charge is -2.43. The van der Waals surface area contributed by atoms with Crippen LogP contribution in [0.1, 0.15) is 54.0 Å². The van der Waals surface area contributed by atoms with Gasteiger partial charge in [0.2, 0.25) is 0 Å². The summed E-state index contributed by atoms with van der Waals surface area (Å²) in [6, 6.07) is 31.3. The third kappa shape index (κ3) is 8.61. The van der Waals surface area contributed by atoms with Crippen molar-refractivity contribution in [1.29, 1.82) is 0 Å². The van der Waals surface area contributed by atoms with Gasteiger partial charge in [0, 0.05) is 0 Å². The molecule has 3 aromatic carbocycles. The fourth-order valence-corrected chi connectivity index (χ4v) is 9.23. The van der Waals surface area contributed by atoms with Gasteiger partial charge < -0.3 is 18.7 Å². The van der Waals surface area contributed by atoms with Crippen LogP contribution < -0.4 is 10.4 Å². The molecule has 0 saturated carbocycles. The number of nitrogens with zero attached hydrogens (tertiary/aromatic N) is 1. The average Bonchev–Trinajstić information content (AvgIpc) is 2.91. The molecule has 0 saturated heterocycles. The Balaban J connectivity index is 2.02. The normalized spacial score (nSPS) is 13.6. The number of hydrogen-bond donors (Lipinski definition) is 0. The quantitative estimate of drug-likeness (QED) is 0.134. The first-order chi connectivity index (χ1) is 18.6. The van der Waals surface area contributed by atoms with E-state index in [-0.39, 0.29) is 23.9 Å². The van der Waals surface area contributed by atoms with Crippen LogP contribution in [0, 0.1) is 0 Å². The first-order valence-electron chi connectivity index (χ1n) is 13.9. The molecule has 0 aliphatic rings. The third-order valence-corrected chi connectivity index (χ3v) is 11.5. The lowest BCUT2D eigenvalue weighted by Crippen LogP contribution is -2.67. The Hall–Kier alpha value is -2.77. The Bertz CT molecular complexity index is 1090. The molecule has 0 aliphatic heterocycles. The molecule has 3 rings (SSSR count). The highest BCUT2D eigenvalue weighted by molar-refractivity contribution is 6.99. The predicted molar refractivity (Wildman–Crippen MR) is 163 cm³/mol. The molecule has 0 amide bonds. The van der Waals surface area contributed by atoms with E-state index >= 15 is 0 Å². The Kier molecular flexibility index (Phi) is 11.5. The molecule has 0 spiro atoms. The minimum atomic E-state index is -2.78. The van der Waals surface area contributed by atoms with E-state index < -0.39 is 14.4 Å². The summed E-state index contributed by atoms with van der Waals surface area (Å²) < 4.78 is 19.5. The van der Waals surface area contributed by atoms with Crippen molar-refractivity contribution in [2.24, 2.45) is 5.16 Å². The van der Waals surface area contributed by atoms with Crippen LogP contribution in [0.4, 0.5) is 0 Å². The maximum atomic E-state index is 7.19. The Morgan fingerprint density at radius 3 is 1.72 bits per heavy atom. The summed E-state index contributed by atoms with van der Waals surface area (Å²) in [5, 5.41) is 6.91. The number of oxime groups is 1. The molecule has 0 fully saturated rings. The first kappa shape index (κ1) is 30.8. The zero-order valence-electron chi connectivity index (χ0n) is 24.6. The van der Waals surface area contributed by atoms with Crippen molar-refractivity contribution >= 4 is 24.4 Å². The lowest BCUT2D eigenvalue weighted by molar-refractivity contribution is -0.0315. The maximum Gasteiger partial charge on any atom is 0.261 e. The van der Waals surface area contributed by atoms with E-state index in [1.165, 1.54) is 10.4 Å². The van der Waals surface area contributed by atoms with Gasteiger partial charge in [0.25, 0.3) is 8.32 Å². The molecule has 0 heterocycles. The Morgan fingerprint density at radius 1 is 0.744 bits per heavy atom. The number of benzene rings is 3. The van der Waals surface area contributed by atoms with Crippen molar-refractivity contribution in [3.63, 3.8) is 0 Å². The number of rotatable bonds is 14. The number of ether oxygens (including phenoxy) is 2. The monoisotopic (exact) mass is 547 g/mol. The number of hydrogen-bond acceptors (Lipinski definition) is 5. The molecule has 210 valence electrons. The van der Waals surface area contributed by atoms with E-state index in [1.54, 1.807) is 0 Å².